The zero-order chi connectivity index (χ0) is 17.8. The molecule has 0 N–H and O–H groups in total. The third-order valence-corrected chi connectivity index (χ3v) is 3.96. The van der Waals surface area contributed by atoms with Gasteiger partial charge in [0.05, 0.1) is 5.97 Å². The smallest absolute Gasteiger partial charge is 0.269 e. The van der Waals surface area contributed by atoms with Crippen LogP contribution >= 0.6 is 11.6 Å². The molecule has 0 amide bonds. The van der Waals surface area contributed by atoms with Gasteiger partial charge >= 0.3 is 0 Å². The molecule has 5 nitrogen and oxygen atoms in total. The van der Waals surface area contributed by atoms with Gasteiger partial charge < -0.3 is 14.4 Å². The Morgan fingerprint density at radius 1 is 1.16 bits per heavy atom. The van der Waals surface area contributed by atoms with Crippen LogP contribution in [0.4, 0.5) is 0 Å². The van der Waals surface area contributed by atoms with Crippen molar-refractivity contribution in [1.29, 1.82) is 0 Å². The van der Waals surface area contributed by atoms with E-state index in [4.69, 9.17) is 16.1 Å². The van der Waals surface area contributed by atoms with Crippen LogP contribution in [-0.4, -0.2) is 16.1 Å². The fourth-order valence-corrected chi connectivity index (χ4v) is 2.45. The molecule has 0 aliphatic carbocycles. The quantitative estimate of drug-likeness (QED) is 0.702. The minimum Gasteiger partial charge on any atom is -0.545 e. The van der Waals surface area contributed by atoms with Gasteiger partial charge in [-0.2, -0.15) is 4.98 Å². The van der Waals surface area contributed by atoms with E-state index in [1.165, 1.54) is 17.7 Å². The van der Waals surface area contributed by atoms with E-state index in [0.717, 1.165) is 12.0 Å². The van der Waals surface area contributed by atoms with E-state index in [0.29, 0.717) is 11.4 Å². The third-order valence-electron chi connectivity index (χ3n) is 3.69. The molecule has 126 valence electrons. The number of carboxylic acid groups (broad SMARTS) is 1. The van der Waals surface area contributed by atoms with E-state index >= 15 is 0 Å². The molecule has 0 saturated carbocycles. The van der Waals surface area contributed by atoms with Crippen LogP contribution < -0.4 is 5.11 Å². The third kappa shape index (κ3) is 3.95. The number of carbonyl (C=O) groups excluding carboxylic acids is 1. The van der Waals surface area contributed by atoms with Crippen molar-refractivity contribution < 1.29 is 14.4 Å². The topological polar surface area (TPSA) is 79.0 Å². The molecule has 0 atom stereocenters. The van der Waals surface area contributed by atoms with Crippen molar-refractivity contribution in [2.45, 2.75) is 13.3 Å². The van der Waals surface area contributed by atoms with Gasteiger partial charge in [-0.25, -0.2) is 0 Å². The molecule has 0 saturated heterocycles. The molecule has 1 aromatic heterocycles. The molecule has 0 radical (unpaired) electrons. The summed E-state index contributed by atoms with van der Waals surface area (Å²) in [5, 5.41) is 15.0. The van der Waals surface area contributed by atoms with Gasteiger partial charge in [0.2, 0.25) is 5.82 Å². The molecule has 6 heteroatoms. The lowest BCUT2D eigenvalue weighted by molar-refractivity contribution is -0.255. The molecule has 3 rings (SSSR count). The summed E-state index contributed by atoms with van der Waals surface area (Å²) >= 11 is 6.23. The van der Waals surface area contributed by atoms with E-state index in [1.54, 1.807) is 18.2 Å². The number of benzene rings is 2. The van der Waals surface area contributed by atoms with E-state index in [2.05, 4.69) is 17.1 Å². The average molecular weight is 354 g/mol. The highest BCUT2D eigenvalue weighted by Gasteiger charge is 2.11. The van der Waals surface area contributed by atoms with Crippen LogP contribution in [0.5, 0.6) is 0 Å². The molecule has 1 heterocycles. The maximum atomic E-state index is 10.7. The summed E-state index contributed by atoms with van der Waals surface area (Å²) in [5.41, 5.74) is 2.88. The van der Waals surface area contributed by atoms with Gasteiger partial charge in [0.25, 0.3) is 5.89 Å². The van der Waals surface area contributed by atoms with Crippen molar-refractivity contribution in [3.8, 4) is 11.4 Å². The van der Waals surface area contributed by atoms with Crippen LogP contribution in [0.3, 0.4) is 0 Å². The standard InChI is InChI=1S/C19H15ClN2O3/c1-2-12-3-7-14(8-4-12)17-21-18(25-22-17)16(20)11-13-5-9-15(10-6-13)19(23)24/h3-11H,2H2,1H3,(H,23,24)/p-1/b16-11-. The first-order valence-electron chi connectivity index (χ1n) is 7.69. The first kappa shape index (κ1) is 16.9. The summed E-state index contributed by atoms with van der Waals surface area (Å²) in [7, 11) is 0. The van der Waals surface area contributed by atoms with Gasteiger partial charge in [-0.1, -0.05) is 72.2 Å². The van der Waals surface area contributed by atoms with Crippen LogP contribution in [0.15, 0.2) is 53.1 Å². The molecule has 2 aromatic carbocycles. The summed E-state index contributed by atoms with van der Waals surface area (Å²) in [6.45, 7) is 2.09. The molecule has 0 bridgehead atoms. The normalized spacial score (nSPS) is 11.5. The second-order valence-corrected chi connectivity index (χ2v) is 5.78. The summed E-state index contributed by atoms with van der Waals surface area (Å²) in [6.07, 6.45) is 2.58. The Labute approximate surface area is 149 Å². The van der Waals surface area contributed by atoms with Gasteiger partial charge in [-0.3, -0.25) is 0 Å². The number of hydrogen-bond donors (Lipinski definition) is 0. The number of aromatic carboxylic acids is 1. The highest BCUT2D eigenvalue weighted by atomic mass is 35.5. The lowest BCUT2D eigenvalue weighted by atomic mass is 10.1. The molecule has 25 heavy (non-hydrogen) atoms. The first-order valence-corrected chi connectivity index (χ1v) is 8.06. The van der Waals surface area contributed by atoms with Crippen LogP contribution in [-0.2, 0) is 6.42 Å². The largest absolute Gasteiger partial charge is 0.545 e. The molecule has 0 aliphatic rings. The lowest BCUT2D eigenvalue weighted by Gasteiger charge is -2.01. The fraction of sp³-hybridized carbons (Fsp3) is 0.105. The number of rotatable bonds is 5. The Hall–Kier alpha value is -2.92. The Kier molecular flexibility index (Phi) is 4.95. The van der Waals surface area contributed by atoms with Crippen molar-refractivity contribution >= 4 is 28.7 Å². The predicted molar refractivity (Wildman–Crippen MR) is 93.6 cm³/mol. The van der Waals surface area contributed by atoms with E-state index < -0.39 is 5.97 Å². The minimum atomic E-state index is -1.22. The molecule has 0 fully saturated rings. The Morgan fingerprint density at radius 2 is 1.84 bits per heavy atom. The van der Waals surface area contributed by atoms with Crippen LogP contribution in [0.2, 0.25) is 0 Å². The molecule has 0 aliphatic heterocycles. The second kappa shape index (κ2) is 7.32. The van der Waals surface area contributed by atoms with Crippen LogP contribution in [0, 0.1) is 0 Å². The first-order chi connectivity index (χ1) is 12.1. The fourth-order valence-electron chi connectivity index (χ4n) is 2.25. The summed E-state index contributed by atoms with van der Waals surface area (Å²) in [5.74, 6) is -0.575. The molecule has 0 spiro atoms. The molecule has 0 unspecified atom stereocenters. The lowest BCUT2D eigenvalue weighted by Crippen LogP contribution is -2.21. The van der Waals surface area contributed by atoms with Crippen molar-refractivity contribution in [2.75, 3.05) is 0 Å². The predicted octanol–water partition coefficient (Wildman–Crippen LogP) is 3.40. The van der Waals surface area contributed by atoms with E-state index in [1.807, 2.05) is 24.3 Å². The maximum Gasteiger partial charge on any atom is 0.269 e. The minimum absolute atomic E-state index is 0.101. The van der Waals surface area contributed by atoms with Gasteiger partial charge in [0, 0.05) is 5.56 Å². The van der Waals surface area contributed by atoms with Crippen molar-refractivity contribution in [3.63, 3.8) is 0 Å². The number of carboxylic acids is 1. The summed E-state index contributed by atoms with van der Waals surface area (Å²) in [4.78, 5) is 15.0. The average Bonchev–Trinajstić information content (AvgIpc) is 3.12. The number of aryl methyl sites for hydroxylation is 1. The zero-order valence-electron chi connectivity index (χ0n) is 13.4. The number of carbonyl (C=O) groups is 1. The van der Waals surface area contributed by atoms with Crippen LogP contribution in [0.1, 0.15) is 34.3 Å². The number of aromatic nitrogens is 2. The zero-order valence-corrected chi connectivity index (χ0v) is 14.2. The molecular formula is C19H14ClN2O3-. The number of hydrogen-bond acceptors (Lipinski definition) is 5. The van der Waals surface area contributed by atoms with Gasteiger partial charge in [-0.05, 0) is 29.2 Å². The van der Waals surface area contributed by atoms with E-state index in [9.17, 15) is 9.90 Å². The Bertz CT molecular complexity index is 913. The molecule has 3 aromatic rings. The Balaban J connectivity index is 1.81. The summed E-state index contributed by atoms with van der Waals surface area (Å²) < 4.78 is 5.21. The number of nitrogens with zero attached hydrogens (tertiary/aromatic N) is 2. The number of halogens is 1. The van der Waals surface area contributed by atoms with Crippen LogP contribution in [0.25, 0.3) is 22.5 Å². The Morgan fingerprint density at radius 3 is 2.44 bits per heavy atom. The van der Waals surface area contributed by atoms with E-state index in [-0.39, 0.29) is 16.5 Å². The van der Waals surface area contributed by atoms with Gasteiger partial charge in [0.1, 0.15) is 5.03 Å². The summed E-state index contributed by atoms with van der Waals surface area (Å²) in [6, 6.07) is 14.0. The van der Waals surface area contributed by atoms with Crippen molar-refractivity contribution in [2.24, 2.45) is 0 Å². The van der Waals surface area contributed by atoms with Crippen molar-refractivity contribution in [1.82, 2.24) is 10.1 Å². The van der Waals surface area contributed by atoms with Crippen molar-refractivity contribution in [3.05, 3.63) is 71.1 Å². The SMILES string of the molecule is CCc1ccc(-c2noc(/C(Cl)=C/c3ccc(C(=O)[O-])cc3)n2)cc1. The maximum absolute atomic E-state index is 10.7. The highest BCUT2D eigenvalue weighted by Crippen LogP contribution is 2.24. The van der Waals surface area contributed by atoms with Gasteiger partial charge in [-0.15, -0.1) is 0 Å². The highest BCUT2D eigenvalue weighted by molar-refractivity contribution is 6.50. The molecular weight excluding hydrogens is 340 g/mol. The van der Waals surface area contributed by atoms with Gasteiger partial charge in [0.15, 0.2) is 0 Å². The monoisotopic (exact) mass is 353 g/mol. The second-order valence-electron chi connectivity index (χ2n) is 5.38.